The van der Waals surface area contributed by atoms with E-state index in [1.807, 2.05) is 12.1 Å². The molecule has 3 atom stereocenters. The molecular weight excluding hydrogens is 418 g/mol. The zero-order valence-corrected chi connectivity index (χ0v) is 15.5. The number of nitrogens with one attached hydrogen (secondary N) is 1. The largest absolute Gasteiger partial charge is 0.388 e. The smallest absolute Gasteiger partial charge is 0.228 e. The maximum atomic E-state index is 13.1. The number of allylic oxidation sites excluding steroid dienone is 2. The van der Waals surface area contributed by atoms with Crippen LogP contribution in [0.2, 0.25) is 0 Å². The van der Waals surface area contributed by atoms with E-state index in [2.05, 4.69) is 26.2 Å². The highest BCUT2D eigenvalue weighted by molar-refractivity contribution is 9.10. The molecule has 1 saturated heterocycles. The van der Waals surface area contributed by atoms with Crippen molar-refractivity contribution >= 4 is 33.2 Å². The van der Waals surface area contributed by atoms with Gasteiger partial charge in [-0.25, -0.2) is 4.98 Å². The average molecular weight is 432 g/mol. The summed E-state index contributed by atoms with van der Waals surface area (Å²) >= 11 is 3.36. The van der Waals surface area contributed by atoms with Gasteiger partial charge in [0.1, 0.15) is 36.0 Å². The third kappa shape index (κ3) is 2.58. The molecule has 1 aromatic heterocycles. The minimum atomic E-state index is -0.786. The lowest BCUT2D eigenvalue weighted by Gasteiger charge is -2.29. The fraction of sp³-hybridized carbons (Fsp3) is 0.278. The van der Waals surface area contributed by atoms with Crippen molar-refractivity contribution in [1.29, 1.82) is 0 Å². The lowest BCUT2D eigenvalue weighted by Crippen LogP contribution is -2.38. The Bertz CT molecular complexity index is 997. The number of rotatable bonds is 2. The zero-order valence-electron chi connectivity index (χ0n) is 13.9. The van der Waals surface area contributed by atoms with Gasteiger partial charge in [-0.05, 0) is 24.3 Å². The first-order chi connectivity index (χ1) is 13.0. The van der Waals surface area contributed by atoms with Gasteiger partial charge in [-0.2, -0.15) is 0 Å². The highest BCUT2D eigenvalue weighted by Gasteiger charge is 2.46. The molecule has 2 N–H and O–H groups in total. The Labute approximate surface area is 161 Å². The monoisotopic (exact) mass is 431 g/mol. The SMILES string of the molecule is O=C1C=C(Nc2ccc(Br)cc2)C(=O)c2c1nc1n2[C@H]2OC[C@@H](O)[C@H]2OC1. The number of halogens is 1. The van der Waals surface area contributed by atoms with Crippen molar-refractivity contribution in [3.63, 3.8) is 0 Å². The third-order valence-electron chi connectivity index (χ3n) is 4.83. The maximum Gasteiger partial charge on any atom is 0.228 e. The molecule has 5 rings (SSSR count). The minimum Gasteiger partial charge on any atom is -0.388 e. The molecule has 0 radical (unpaired) electrons. The number of fused-ring (bicyclic) bond motifs is 5. The van der Waals surface area contributed by atoms with E-state index in [1.165, 1.54) is 6.08 Å². The minimum absolute atomic E-state index is 0.0885. The van der Waals surface area contributed by atoms with Crippen LogP contribution in [0, 0.1) is 0 Å². The summed E-state index contributed by atoms with van der Waals surface area (Å²) in [5.41, 5.74) is 1.11. The van der Waals surface area contributed by atoms with Crippen molar-refractivity contribution < 1.29 is 24.2 Å². The summed E-state index contributed by atoms with van der Waals surface area (Å²) in [5, 5.41) is 13.0. The molecule has 1 aliphatic carbocycles. The molecule has 1 aromatic carbocycles. The number of hydrogen-bond donors (Lipinski definition) is 2. The second-order valence-electron chi connectivity index (χ2n) is 6.55. The van der Waals surface area contributed by atoms with Crippen LogP contribution in [0.5, 0.6) is 0 Å². The lowest BCUT2D eigenvalue weighted by atomic mass is 10.0. The summed E-state index contributed by atoms with van der Waals surface area (Å²) in [7, 11) is 0. The summed E-state index contributed by atoms with van der Waals surface area (Å²) in [6.45, 7) is 0.203. The number of hydrogen-bond acceptors (Lipinski definition) is 7. The van der Waals surface area contributed by atoms with E-state index >= 15 is 0 Å². The standard InChI is InChI=1S/C18H14BrN3O5/c19-8-1-3-9(4-2-8)20-10-5-11(23)14-15(16(10)25)22-13(21-14)7-26-17-12(24)6-27-18(17)22/h1-5,12,17-18,20,24H,6-7H2/t12-,17-,18+/m1/s1. The first-order valence-electron chi connectivity index (χ1n) is 8.38. The summed E-state index contributed by atoms with van der Waals surface area (Å²) in [5.74, 6) is -0.270. The van der Waals surface area contributed by atoms with Gasteiger partial charge < -0.3 is 19.9 Å². The van der Waals surface area contributed by atoms with Gasteiger partial charge in [-0.15, -0.1) is 0 Å². The van der Waals surface area contributed by atoms with Crippen LogP contribution in [0.25, 0.3) is 0 Å². The van der Waals surface area contributed by atoms with E-state index in [4.69, 9.17) is 9.47 Å². The van der Waals surface area contributed by atoms with Crippen LogP contribution in [-0.4, -0.2) is 45.0 Å². The van der Waals surface area contributed by atoms with E-state index in [1.54, 1.807) is 16.7 Å². The number of benzene rings is 1. The normalized spacial score (nSPS) is 26.3. The summed E-state index contributed by atoms with van der Waals surface area (Å²) in [4.78, 5) is 30.0. The first-order valence-corrected chi connectivity index (χ1v) is 9.18. The van der Waals surface area contributed by atoms with Gasteiger partial charge in [0.25, 0.3) is 0 Å². The number of aliphatic hydroxyl groups excluding tert-OH is 1. The van der Waals surface area contributed by atoms with Crippen LogP contribution in [0.4, 0.5) is 5.69 Å². The van der Waals surface area contributed by atoms with Crippen LogP contribution in [0.1, 0.15) is 33.0 Å². The predicted octanol–water partition coefficient (Wildman–Crippen LogP) is 1.81. The first kappa shape index (κ1) is 16.8. The van der Waals surface area contributed by atoms with Crippen molar-refractivity contribution in [1.82, 2.24) is 9.55 Å². The Kier molecular flexibility index (Phi) is 3.80. The van der Waals surface area contributed by atoms with Gasteiger partial charge in [0.05, 0.1) is 12.3 Å². The molecule has 3 aliphatic rings. The molecule has 2 aliphatic heterocycles. The van der Waals surface area contributed by atoms with Crippen LogP contribution < -0.4 is 5.32 Å². The molecule has 0 saturated carbocycles. The number of nitrogens with zero attached hydrogens (tertiary/aromatic N) is 2. The lowest BCUT2D eigenvalue weighted by molar-refractivity contribution is -0.0992. The Morgan fingerprint density at radius 1 is 1.22 bits per heavy atom. The summed E-state index contributed by atoms with van der Waals surface area (Å²) in [6.07, 6.45) is -0.795. The second-order valence-corrected chi connectivity index (χ2v) is 7.46. The number of imidazole rings is 1. The average Bonchev–Trinajstić information content (AvgIpc) is 3.22. The van der Waals surface area contributed by atoms with E-state index in [0.29, 0.717) is 11.5 Å². The topological polar surface area (TPSA) is 103 Å². The van der Waals surface area contributed by atoms with Crippen molar-refractivity contribution in [2.45, 2.75) is 25.0 Å². The van der Waals surface area contributed by atoms with Gasteiger partial charge in [0.2, 0.25) is 11.6 Å². The van der Waals surface area contributed by atoms with Crippen molar-refractivity contribution in [3.05, 3.63) is 57.7 Å². The molecule has 138 valence electrons. The molecule has 2 aromatic rings. The molecule has 1 fully saturated rings. The van der Waals surface area contributed by atoms with E-state index in [-0.39, 0.29) is 41.9 Å². The fourth-order valence-corrected chi connectivity index (χ4v) is 3.84. The van der Waals surface area contributed by atoms with Crippen molar-refractivity contribution in [2.24, 2.45) is 0 Å². The Hall–Kier alpha value is -2.33. The quantitative estimate of drug-likeness (QED) is 0.746. The molecular formula is C18H14BrN3O5. The number of carbonyl (C=O) groups is 2. The Morgan fingerprint density at radius 2 is 2.00 bits per heavy atom. The molecule has 0 bridgehead atoms. The van der Waals surface area contributed by atoms with Gasteiger partial charge in [0.15, 0.2) is 6.23 Å². The van der Waals surface area contributed by atoms with Gasteiger partial charge in [-0.3, -0.25) is 14.2 Å². The third-order valence-corrected chi connectivity index (χ3v) is 5.36. The van der Waals surface area contributed by atoms with Gasteiger partial charge >= 0.3 is 0 Å². The number of aliphatic hydroxyl groups is 1. The molecule has 0 unspecified atom stereocenters. The van der Waals surface area contributed by atoms with E-state index in [9.17, 15) is 14.7 Å². The molecule has 0 amide bonds. The zero-order chi connectivity index (χ0) is 18.7. The van der Waals surface area contributed by atoms with Crippen LogP contribution in [0.3, 0.4) is 0 Å². The fourth-order valence-electron chi connectivity index (χ4n) is 3.58. The van der Waals surface area contributed by atoms with Gasteiger partial charge in [0, 0.05) is 16.2 Å². The molecule has 27 heavy (non-hydrogen) atoms. The van der Waals surface area contributed by atoms with Gasteiger partial charge in [-0.1, -0.05) is 15.9 Å². The maximum absolute atomic E-state index is 13.1. The number of carbonyl (C=O) groups excluding carboxylic acids is 2. The summed E-state index contributed by atoms with van der Waals surface area (Å²) < 4.78 is 13.7. The van der Waals surface area contributed by atoms with Crippen molar-refractivity contribution in [3.8, 4) is 0 Å². The highest BCUT2D eigenvalue weighted by Crippen LogP contribution is 2.37. The molecule has 0 spiro atoms. The number of anilines is 1. The van der Waals surface area contributed by atoms with E-state index in [0.717, 1.165) is 4.47 Å². The van der Waals surface area contributed by atoms with Crippen LogP contribution >= 0.6 is 15.9 Å². The Balaban J connectivity index is 1.54. The summed E-state index contributed by atoms with van der Waals surface area (Å²) in [6, 6.07) is 7.26. The van der Waals surface area contributed by atoms with Crippen molar-refractivity contribution in [2.75, 3.05) is 11.9 Å². The Morgan fingerprint density at radius 3 is 2.78 bits per heavy atom. The number of aromatic nitrogens is 2. The predicted molar refractivity (Wildman–Crippen MR) is 96.3 cm³/mol. The molecule has 9 heteroatoms. The highest BCUT2D eigenvalue weighted by atomic mass is 79.9. The second kappa shape index (κ2) is 6.10. The number of ketones is 2. The number of Topliss-reactive ketones (excluding diaryl/α,β-unsaturated/α-hetero) is 1. The molecule has 8 nitrogen and oxygen atoms in total. The number of ether oxygens (including phenoxy) is 2. The van der Waals surface area contributed by atoms with E-state index < -0.39 is 18.4 Å². The van der Waals surface area contributed by atoms with Crippen LogP contribution in [0.15, 0.2) is 40.5 Å². The van der Waals surface area contributed by atoms with Crippen LogP contribution in [-0.2, 0) is 16.1 Å². The molecule has 3 heterocycles.